The number of nitrogens with zero attached hydrogens (tertiary/aromatic N) is 9. The summed E-state index contributed by atoms with van der Waals surface area (Å²) in [5.74, 6) is 0.0171. The van der Waals surface area contributed by atoms with Gasteiger partial charge in [0.2, 0.25) is 26.0 Å². The van der Waals surface area contributed by atoms with Crippen molar-refractivity contribution >= 4 is 31.9 Å². The number of carbonyl (C=O) groups excluding carboxylic acids is 1. The van der Waals surface area contributed by atoms with E-state index in [0.717, 1.165) is 75.7 Å². The number of sulfonamides is 2. The summed E-state index contributed by atoms with van der Waals surface area (Å²) in [5, 5.41) is 12.3. The molecular weight excluding hydrogens is 1250 g/mol. The highest BCUT2D eigenvalue weighted by Crippen LogP contribution is 2.40. The highest BCUT2D eigenvalue weighted by molar-refractivity contribution is 7.89. The molecule has 6 aliphatic rings. The van der Waals surface area contributed by atoms with Gasteiger partial charge in [-0.05, 0) is 201 Å². The third kappa shape index (κ3) is 17.0. The van der Waals surface area contributed by atoms with Crippen molar-refractivity contribution in [2.45, 2.75) is 125 Å². The molecule has 25 heteroatoms. The summed E-state index contributed by atoms with van der Waals surface area (Å²) >= 11 is 0. The molecule has 1 amide bonds. The third-order valence-corrected chi connectivity index (χ3v) is 23.8. The van der Waals surface area contributed by atoms with Gasteiger partial charge in [-0.15, -0.1) is 0 Å². The molecule has 0 spiro atoms. The predicted molar refractivity (Wildman–Crippen MR) is 359 cm³/mol. The Balaban J connectivity index is 0.000000172. The Morgan fingerprint density at radius 3 is 1.38 bits per heavy atom. The standard InChI is InChI=1S/C35H47N5O6S.C19H24N2O6S.C16H25N3O/c1-27-22-30(44-3)23-28(2)34(27)47(42,43)40-19-18-38-15-7-9-31(38)32(40)25-45-26-33(41)39-16-10-35(11-17-39,29-8-6-12-36-24-29)46-21-20-37-13-4-5-14-37;1-13-9-15(26-3)10-14(2)19(13)28(24,25)21-8-7-20-6-4-5-16(20)17(21)11-27-12-18(22)23;1-2-11-19(10-1)12-13-20-16(5-8-17-9-6-16)15-4-3-7-18-14-15/h6-9,12,15,22-24,32H,4-5,10-11,13-14,16-21,25-26H2,1-3H3;4-6,9-10,17H,7-8,11-12H2,1-3H3,(H,22,23);3-4,7,14,17H,1-2,5-6,8-13H2. The highest BCUT2D eigenvalue weighted by Gasteiger charge is 2.43. The number of rotatable bonds is 24. The molecule has 2 atom stereocenters. The molecular formula is C70H96N10O13S2. The average molecular weight is 1350 g/mol. The molecule has 2 aromatic carbocycles. The van der Waals surface area contributed by atoms with Gasteiger partial charge in [0.05, 0.1) is 73.7 Å². The van der Waals surface area contributed by atoms with Gasteiger partial charge < -0.3 is 62.7 Å². The van der Waals surface area contributed by atoms with Crippen molar-refractivity contribution < 1.29 is 60.0 Å². The largest absolute Gasteiger partial charge is 0.497 e. The van der Waals surface area contributed by atoms with Crippen LogP contribution in [0.5, 0.6) is 11.5 Å². The van der Waals surface area contributed by atoms with Crippen LogP contribution < -0.4 is 14.8 Å². The van der Waals surface area contributed by atoms with Crippen LogP contribution in [0.15, 0.2) is 120 Å². The molecule has 0 saturated carbocycles. The van der Waals surface area contributed by atoms with Gasteiger partial charge in [0, 0.05) is 112 Å². The van der Waals surface area contributed by atoms with Crippen LogP contribution >= 0.6 is 0 Å². The Morgan fingerprint density at radius 1 is 0.558 bits per heavy atom. The Labute approximate surface area is 560 Å². The molecule has 6 aromatic rings. The number of methoxy groups -OCH3 is 2. The molecule has 0 aliphatic carbocycles. The second-order valence-corrected chi connectivity index (χ2v) is 29.2. The van der Waals surface area contributed by atoms with E-state index >= 15 is 0 Å². The zero-order valence-corrected chi connectivity index (χ0v) is 57.7. The quantitative estimate of drug-likeness (QED) is 0.0592. The summed E-state index contributed by atoms with van der Waals surface area (Å²) < 4.78 is 97.4. The van der Waals surface area contributed by atoms with Crippen molar-refractivity contribution in [1.82, 2.24) is 47.7 Å². The number of aromatic nitrogens is 4. The number of carbonyl (C=O) groups is 2. The van der Waals surface area contributed by atoms with Gasteiger partial charge in [-0.2, -0.15) is 8.61 Å². The van der Waals surface area contributed by atoms with E-state index in [1.807, 2.05) is 76.8 Å². The van der Waals surface area contributed by atoms with Gasteiger partial charge in [-0.3, -0.25) is 14.8 Å². The predicted octanol–water partition coefficient (Wildman–Crippen LogP) is 7.63. The van der Waals surface area contributed by atoms with Crippen molar-refractivity contribution in [3.8, 4) is 11.5 Å². The van der Waals surface area contributed by atoms with Crippen LogP contribution in [0.1, 0.15) is 108 Å². The first-order chi connectivity index (χ1) is 45.9. The summed E-state index contributed by atoms with van der Waals surface area (Å²) in [6, 6.07) is 21.4. The number of benzene rings is 2. The van der Waals surface area contributed by atoms with E-state index in [4.69, 9.17) is 33.5 Å². The van der Waals surface area contributed by atoms with Crippen molar-refractivity contribution in [3.63, 3.8) is 0 Å². The molecule has 95 heavy (non-hydrogen) atoms. The monoisotopic (exact) mass is 1350 g/mol. The fraction of sp³-hybridized carbons (Fsp3) is 0.543. The maximum atomic E-state index is 14.2. The van der Waals surface area contributed by atoms with Crippen molar-refractivity contribution in [2.75, 3.05) is 132 Å². The van der Waals surface area contributed by atoms with Crippen LogP contribution in [-0.2, 0) is 72.9 Å². The van der Waals surface area contributed by atoms with E-state index in [-0.39, 0.29) is 47.7 Å². The fourth-order valence-corrected chi connectivity index (χ4v) is 18.5. The minimum Gasteiger partial charge on any atom is -0.497 e. The lowest BCUT2D eigenvalue weighted by Gasteiger charge is -2.42. The fourth-order valence-electron chi connectivity index (χ4n) is 14.5. The minimum atomic E-state index is -3.87. The van der Waals surface area contributed by atoms with E-state index in [1.54, 1.807) is 65.3 Å². The van der Waals surface area contributed by atoms with Gasteiger partial charge >= 0.3 is 5.97 Å². The van der Waals surface area contributed by atoms with E-state index in [1.165, 1.54) is 60.1 Å². The van der Waals surface area contributed by atoms with Crippen molar-refractivity contribution in [2.24, 2.45) is 0 Å². The number of nitrogens with one attached hydrogen (secondary N) is 1. The molecule has 4 fully saturated rings. The van der Waals surface area contributed by atoms with Gasteiger partial charge in [-0.25, -0.2) is 21.6 Å². The first kappa shape index (κ1) is 71.2. The Hall–Kier alpha value is -6.62. The second-order valence-electron chi connectivity index (χ2n) is 25.5. The van der Waals surface area contributed by atoms with Crippen molar-refractivity contribution in [3.05, 3.63) is 155 Å². The maximum absolute atomic E-state index is 14.2. The number of aryl methyl sites for hydroxylation is 4. The summed E-state index contributed by atoms with van der Waals surface area (Å²) in [6.45, 7) is 19.4. The number of hydrogen-bond acceptors (Lipinski definition) is 17. The first-order valence-electron chi connectivity index (χ1n) is 33.4. The van der Waals surface area contributed by atoms with Crippen LogP contribution in [0.2, 0.25) is 0 Å². The van der Waals surface area contributed by atoms with E-state index in [2.05, 4.69) is 41.8 Å². The normalized spacial score (nSPS) is 20.0. The number of piperidine rings is 2. The van der Waals surface area contributed by atoms with Gasteiger partial charge in [0.15, 0.2) is 0 Å². The molecule has 4 aromatic heterocycles. The average Bonchev–Trinajstić information content (AvgIpc) is 1.65. The topological polar surface area (TPSA) is 242 Å². The second kappa shape index (κ2) is 32.6. The van der Waals surface area contributed by atoms with Crippen LogP contribution in [0.4, 0.5) is 0 Å². The lowest BCUT2D eigenvalue weighted by Crippen LogP contribution is -2.48. The number of hydrogen-bond donors (Lipinski definition) is 2. The lowest BCUT2D eigenvalue weighted by atomic mass is 9.85. The highest BCUT2D eigenvalue weighted by atomic mass is 32.2. The van der Waals surface area contributed by atoms with Crippen LogP contribution in [-0.4, -0.2) is 209 Å². The summed E-state index contributed by atoms with van der Waals surface area (Å²) in [4.78, 5) is 40.2. The van der Waals surface area contributed by atoms with Crippen LogP contribution in [0.3, 0.4) is 0 Å². The van der Waals surface area contributed by atoms with Gasteiger partial charge in [0.1, 0.15) is 24.7 Å². The number of fused-ring (bicyclic) bond motifs is 2. The summed E-state index contributed by atoms with van der Waals surface area (Å²) in [5.41, 5.74) is 5.77. The third-order valence-electron chi connectivity index (χ3n) is 19.4. The molecule has 0 bridgehead atoms. The van der Waals surface area contributed by atoms with Gasteiger partial charge in [0.25, 0.3) is 0 Å². The molecule has 4 saturated heterocycles. The van der Waals surface area contributed by atoms with Crippen molar-refractivity contribution in [1.29, 1.82) is 0 Å². The maximum Gasteiger partial charge on any atom is 0.329 e. The Morgan fingerprint density at radius 2 is 0.979 bits per heavy atom. The van der Waals surface area contributed by atoms with E-state index in [9.17, 15) is 26.4 Å². The zero-order valence-electron chi connectivity index (χ0n) is 56.0. The zero-order chi connectivity index (χ0) is 67.2. The summed E-state index contributed by atoms with van der Waals surface area (Å²) in [6.07, 6.45) is 19.9. The molecule has 23 nitrogen and oxygen atoms in total. The SMILES string of the molecule is COc1cc(C)c(S(=O)(=O)N2CCn3cccc3C2COCC(=O)N2CCC(OCCN3CCCC3)(c3cccnc3)CC2)c(C)c1.COc1cc(C)c(S(=O)(=O)N2CCn3cccc3C2COCC(=O)O)c(C)c1.c1cncc(C2(OCCN3CCCC3)CCNCC2)c1. The number of pyridine rings is 2. The lowest BCUT2D eigenvalue weighted by molar-refractivity contribution is -0.145. The summed E-state index contributed by atoms with van der Waals surface area (Å²) in [7, 11) is -4.60. The first-order valence-corrected chi connectivity index (χ1v) is 36.3. The van der Waals surface area contributed by atoms with Crippen LogP contribution in [0.25, 0.3) is 0 Å². The number of ether oxygens (including phenoxy) is 6. The molecule has 12 rings (SSSR count). The number of carboxylic acid groups (broad SMARTS) is 1. The van der Waals surface area contributed by atoms with Crippen LogP contribution in [0, 0.1) is 27.7 Å². The smallest absolute Gasteiger partial charge is 0.329 e. The number of likely N-dealkylation sites (tertiary alicyclic amines) is 3. The number of amides is 1. The molecule has 0 radical (unpaired) electrons. The molecule has 10 heterocycles. The number of carboxylic acids is 1. The van der Waals surface area contributed by atoms with Gasteiger partial charge in [-0.1, -0.05) is 12.1 Å². The molecule has 2 unspecified atom stereocenters. The Kier molecular flexibility index (Phi) is 24.4. The molecule has 2 N–H and O–H groups in total. The minimum absolute atomic E-state index is 0.0379. The molecule has 516 valence electrons. The number of aliphatic carboxylic acids is 1. The van der Waals surface area contributed by atoms with E-state index in [0.29, 0.717) is 85.9 Å². The van der Waals surface area contributed by atoms with E-state index < -0.39 is 50.3 Å². The Bertz CT molecular complexity index is 3670. The molecule has 6 aliphatic heterocycles.